The van der Waals surface area contributed by atoms with Gasteiger partial charge in [-0.1, -0.05) is 19.9 Å². The van der Waals surface area contributed by atoms with Crippen molar-refractivity contribution in [1.82, 2.24) is 10.3 Å². The molecule has 1 aliphatic rings. The van der Waals surface area contributed by atoms with Crippen molar-refractivity contribution in [2.45, 2.75) is 46.3 Å². The Bertz CT molecular complexity index is 422. The van der Waals surface area contributed by atoms with Crippen LogP contribution in [0.4, 0.5) is 5.82 Å². The maximum Gasteiger partial charge on any atom is 0.128 e. The van der Waals surface area contributed by atoms with E-state index in [9.17, 15) is 0 Å². The maximum atomic E-state index is 5.72. The largest absolute Gasteiger partial charge is 0.375 e. The molecule has 1 unspecified atom stereocenters. The highest BCUT2D eigenvalue weighted by Crippen LogP contribution is 2.18. The van der Waals surface area contributed by atoms with Gasteiger partial charge < -0.3 is 15.0 Å². The van der Waals surface area contributed by atoms with Gasteiger partial charge in [-0.05, 0) is 37.9 Å². The molecule has 1 saturated heterocycles. The number of pyridine rings is 1. The molecule has 0 amide bonds. The lowest BCUT2D eigenvalue weighted by Gasteiger charge is -2.33. The van der Waals surface area contributed by atoms with Crippen LogP contribution in [0.1, 0.15) is 37.9 Å². The first-order chi connectivity index (χ1) is 9.74. The average Bonchev–Trinajstić information content (AvgIpc) is 2.49. The number of nitrogens with zero attached hydrogens (tertiary/aromatic N) is 2. The van der Waals surface area contributed by atoms with Gasteiger partial charge >= 0.3 is 0 Å². The predicted octanol–water partition coefficient (Wildman–Crippen LogP) is 2.50. The summed E-state index contributed by atoms with van der Waals surface area (Å²) in [6.45, 7) is 11.1. The Kier molecular flexibility index (Phi) is 5.80. The first kappa shape index (κ1) is 15.3. The van der Waals surface area contributed by atoms with E-state index in [1.54, 1.807) is 0 Å². The number of aryl methyl sites for hydroxylation is 1. The van der Waals surface area contributed by atoms with Crippen LogP contribution in [0.2, 0.25) is 0 Å². The number of hydrogen-bond acceptors (Lipinski definition) is 4. The third-order valence-electron chi connectivity index (χ3n) is 3.84. The summed E-state index contributed by atoms with van der Waals surface area (Å²) in [7, 11) is 0. The number of nitrogens with one attached hydrogen (secondary N) is 1. The molecular weight excluding hydrogens is 250 g/mol. The zero-order valence-electron chi connectivity index (χ0n) is 13.0. The Morgan fingerprint density at radius 2 is 2.25 bits per heavy atom. The van der Waals surface area contributed by atoms with Crippen molar-refractivity contribution in [3.05, 3.63) is 23.4 Å². The molecule has 1 aromatic heterocycles. The fourth-order valence-electron chi connectivity index (χ4n) is 2.51. The summed E-state index contributed by atoms with van der Waals surface area (Å²) in [5.41, 5.74) is 2.42. The van der Waals surface area contributed by atoms with Crippen molar-refractivity contribution in [1.29, 1.82) is 0 Å². The smallest absolute Gasteiger partial charge is 0.128 e. The van der Waals surface area contributed by atoms with Crippen LogP contribution in [-0.4, -0.2) is 37.3 Å². The quantitative estimate of drug-likeness (QED) is 0.811. The van der Waals surface area contributed by atoms with E-state index < -0.39 is 0 Å². The maximum absolute atomic E-state index is 5.72. The van der Waals surface area contributed by atoms with E-state index in [4.69, 9.17) is 9.72 Å². The van der Waals surface area contributed by atoms with Gasteiger partial charge in [-0.15, -0.1) is 0 Å². The van der Waals surface area contributed by atoms with Crippen molar-refractivity contribution in [3.63, 3.8) is 0 Å². The summed E-state index contributed by atoms with van der Waals surface area (Å²) in [6, 6.07) is 4.35. The van der Waals surface area contributed by atoms with Gasteiger partial charge in [0.2, 0.25) is 0 Å². The Labute approximate surface area is 122 Å². The molecule has 1 aliphatic heterocycles. The van der Waals surface area contributed by atoms with Crippen LogP contribution in [0.15, 0.2) is 12.1 Å². The number of hydrogen-bond donors (Lipinski definition) is 1. The van der Waals surface area contributed by atoms with Gasteiger partial charge in [0, 0.05) is 25.3 Å². The second kappa shape index (κ2) is 7.60. The molecule has 1 atom stereocenters. The Morgan fingerprint density at radius 3 is 2.95 bits per heavy atom. The van der Waals surface area contributed by atoms with E-state index in [2.05, 4.69) is 43.1 Å². The fourth-order valence-corrected chi connectivity index (χ4v) is 2.51. The highest BCUT2D eigenvalue weighted by molar-refractivity contribution is 5.42. The molecule has 4 nitrogen and oxygen atoms in total. The second-order valence-electron chi connectivity index (χ2n) is 5.44. The van der Waals surface area contributed by atoms with Gasteiger partial charge in [-0.3, -0.25) is 0 Å². The predicted molar refractivity (Wildman–Crippen MR) is 83.2 cm³/mol. The second-order valence-corrected chi connectivity index (χ2v) is 5.44. The lowest BCUT2D eigenvalue weighted by Crippen LogP contribution is -2.42. The minimum atomic E-state index is 0.344. The first-order valence-corrected chi connectivity index (χ1v) is 7.78. The van der Waals surface area contributed by atoms with Crippen molar-refractivity contribution in [2.75, 3.05) is 31.1 Å². The molecule has 1 fully saturated rings. The highest BCUT2D eigenvalue weighted by atomic mass is 16.5. The minimum absolute atomic E-state index is 0.344. The van der Waals surface area contributed by atoms with E-state index in [1.807, 2.05) is 0 Å². The van der Waals surface area contributed by atoms with Gasteiger partial charge in [-0.2, -0.15) is 0 Å². The third-order valence-corrected chi connectivity index (χ3v) is 3.84. The van der Waals surface area contributed by atoms with Crippen LogP contribution in [0, 0.1) is 6.92 Å². The first-order valence-electron chi connectivity index (χ1n) is 7.78. The molecule has 0 aliphatic carbocycles. The van der Waals surface area contributed by atoms with E-state index in [0.717, 1.165) is 57.1 Å². The molecule has 1 N–H and O–H groups in total. The molecule has 2 rings (SSSR count). The summed E-state index contributed by atoms with van der Waals surface area (Å²) < 4.78 is 5.72. The van der Waals surface area contributed by atoms with E-state index in [0.29, 0.717) is 6.10 Å². The highest BCUT2D eigenvalue weighted by Gasteiger charge is 2.20. The standard InChI is InChI=1S/C16H27N3O/c1-4-8-17-11-14-6-7-16(18-13(14)3)19-9-10-20-15(5-2)12-19/h6-7,15,17H,4-5,8-12H2,1-3H3. The molecule has 112 valence electrons. The van der Waals surface area contributed by atoms with Gasteiger partial charge in [0.05, 0.1) is 12.7 Å². The Hall–Kier alpha value is -1.13. The zero-order chi connectivity index (χ0) is 14.4. The summed E-state index contributed by atoms with van der Waals surface area (Å²) >= 11 is 0. The van der Waals surface area contributed by atoms with Gasteiger partial charge in [0.25, 0.3) is 0 Å². The Morgan fingerprint density at radius 1 is 1.40 bits per heavy atom. The monoisotopic (exact) mass is 277 g/mol. The lowest BCUT2D eigenvalue weighted by molar-refractivity contribution is 0.0381. The summed E-state index contributed by atoms with van der Waals surface area (Å²) in [6.07, 6.45) is 2.57. The van der Waals surface area contributed by atoms with E-state index in [1.165, 1.54) is 5.56 Å². The molecule has 20 heavy (non-hydrogen) atoms. The number of ether oxygens (including phenoxy) is 1. The van der Waals surface area contributed by atoms with Crippen molar-refractivity contribution in [3.8, 4) is 0 Å². The van der Waals surface area contributed by atoms with Crippen molar-refractivity contribution >= 4 is 5.82 Å². The van der Waals surface area contributed by atoms with Crippen LogP contribution >= 0.6 is 0 Å². The fraction of sp³-hybridized carbons (Fsp3) is 0.688. The lowest BCUT2D eigenvalue weighted by atomic mass is 10.2. The van der Waals surface area contributed by atoms with Crippen LogP contribution in [0.5, 0.6) is 0 Å². The average molecular weight is 277 g/mol. The normalized spacial score (nSPS) is 19.4. The SMILES string of the molecule is CCCNCc1ccc(N2CCOC(CC)C2)nc1C. The molecule has 0 aromatic carbocycles. The molecular formula is C16H27N3O. The van der Waals surface area contributed by atoms with Crippen molar-refractivity contribution < 1.29 is 4.74 Å². The van der Waals surface area contributed by atoms with Crippen LogP contribution in [0.25, 0.3) is 0 Å². The van der Waals surface area contributed by atoms with E-state index in [-0.39, 0.29) is 0 Å². The number of rotatable bonds is 6. The molecule has 0 spiro atoms. The van der Waals surface area contributed by atoms with E-state index >= 15 is 0 Å². The van der Waals surface area contributed by atoms with Crippen molar-refractivity contribution in [2.24, 2.45) is 0 Å². The molecule has 2 heterocycles. The van der Waals surface area contributed by atoms with Gasteiger partial charge in [-0.25, -0.2) is 4.98 Å². The van der Waals surface area contributed by atoms with Gasteiger partial charge in [0.1, 0.15) is 5.82 Å². The summed E-state index contributed by atoms with van der Waals surface area (Å²) in [4.78, 5) is 7.12. The van der Waals surface area contributed by atoms with Crippen LogP contribution in [-0.2, 0) is 11.3 Å². The minimum Gasteiger partial charge on any atom is -0.375 e. The van der Waals surface area contributed by atoms with Crippen LogP contribution in [0.3, 0.4) is 0 Å². The van der Waals surface area contributed by atoms with Gasteiger partial charge in [0.15, 0.2) is 0 Å². The van der Waals surface area contributed by atoms with Crippen LogP contribution < -0.4 is 10.2 Å². The molecule has 0 saturated carbocycles. The number of anilines is 1. The third kappa shape index (κ3) is 3.93. The summed E-state index contributed by atoms with van der Waals surface area (Å²) in [5.74, 6) is 1.09. The molecule has 0 radical (unpaired) electrons. The number of morpholine rings is 1. The molecule has 0 bridgehead atoms. The number of aromatic nitrogens is 1. The zero-order valence-corrected chi connectivity index (χ0v) is 13.0. The molecule has 1 aromatic rings. The topological polar surface area (TPSA) is 37.4 Å². The Balaban J connectivity index is 2.00. The summed E-state index contributed by atoms with van der Waals surface area (Å²) in [5, 5.41) is 3.43. The molecule has 4 heteroatoms.